The van der Waals surface area contributed by atoms with Crippen molar-refractivity contribution in [2.75, 3.05) is 31.2 Å². The molecular weight excluding hydrogens is 362 g/mol. The number of para-hydroxylation sites is 1. The normalized spacial score (nSPS) is 14.3. The van der Waals surface area contributed by atoms with Crippen molar-refractivity contribution in [3.05, 3.63) is 95.3 Å². The molecule has 0 amide bonds. The Morgan fingerprint density at radius 1 is 0.966 bits per heavy atom. The lowest BCUT2D eigenvalue weighted by molar-refractivity contribution is 0.122. The molecule has 0 saturated carbocycles. The zero-order valence-corrected chi connectivity index (χ0v) is 16.2. The average Bonchev–Trinajstić information content (AvgIpc) is 2.79. The van der Waals surface area contributed by atoms with Crippen LogP contribution in [0.15, 0.2) is 84.2 Å². The minimum absolute atomic E-state index is 0.107. The van der Waals surface area contributed by atoms with E-state index in [4.69, 9.17) is 9.72 Å². The molecule has 2 heterocycles. The summed E-state index contributed by atoms with van der Waals surface area (Å²) in [5, 5.41) is 0. The quantitative estimate of drug-likeness (QED) is 0.624. The number of aromatic nitrogens is 2. The smallest absolute Gasteiger partial charge is 0.267 e. The van der Waals surface area contributed by atoms with Crippen LogP contribution < -0.4 is 10.5 Å². The van der Waals surface area contributed by atoms with Crippen LogP contribution in [-0.4, -0.2) is 35.9 Å². The van der Waals surface area contributed by atoms with E-state index in [1.165, 1.54) is 0 Å². The summed E-state index contributed by atoms with van der Waals surface area (Å²) >= 11 is 0. The minimum Gasteiger partial charge on any atom is -0.378 e. The number of benzene rings is 2. The number of rotatable bonds is 5. The van der Waals surface area contributed by atoms with Gasteiger partial charge in [-0.05, 0) is 18.2 Å². The molecule has 146 valence electrons. The Morgan fingerprint density at radius 3 is 2.28 bits per heavy atom. The molecule has 2 aromatic carbocycles. The Labute approximate surface area is 170 Å². The monoisotopic (exact) mass is 385 g/mol. The van der Waals surface area contributed by atoms with Gasteiger partial charge in [0.2, 0.25) is 0 Å². The van der Waals surface area contributed by atoms with Crippen LogP contribution in [-0.2, 0) is 4.74 Å². The Hall–Kier alpha value is -3.44. The fourth-order valence-corrected chi connectivity index (χ4v) is 3.45. The van der Waals surface area contributed by atoms with E-state index in [9.17, 15) is 4.79 Å². The molecule has 0 atom stereocenters. The second kappa shape index (κ2) is 8.71. The lowest BCUT2D eigenvalue weighted by atomic mass is 10.1. The fourth-order valence-electron chi connectivity index (χ4n) is 3.45. The van der Waals surface area contributed by atoms with Crippen LogP contribution in [0.1, 0.15) is 5.56 Å². The van der Waals surface area contributed by atoms with E-state index in [0.29, 0.717) is 43.5 Å². The molecule has 5 heteroatoms. The molecule has 3 aromatic rings. The molecule has 1 aliphatic rings. The molecule has 1 fully saturated rings. The molecule has 5 nitrogen and oxygen atoms in total. The third kappa shape index (κ3) is 3.91. The van der Waals surface area contributed by atoms with Crippen molar-refractivity contribution in [3.8, 4) is 17.1 Å². The third-order valence-electron chi connectivity index (χ3n) is 4.85. The number of morpholine rings is 1. The van der Waals surface area contributed by atoms with Crippen LogP contribution >= 0.6 is 0 Å². The third-order valence-corrected chi connectivity index (χ3v) is 4.85. The summed E-state index contributed by atoms with van der Waals surface area (Å²) < 4.78 is 7.18. The molecule has 1 aliphatic heterocycles. The summed E-state index contributed by atoms with van der Waals surface area (Å²) in [6.07, 6.45) is 5.24. The molecule has 1 saturated heterocycles. The van der Waals surface area contributed by atoms with Crippen molar-refractivity contribution < 1.29 is 4.74 Å². The van der Waals surface area contributed by atoms with Gasteiger partial charge in [0.25, 0.3) is 5.56 Å². The largest absolute Gasteiger partial charge is 0.378 e. The maximum Gasteiger partial charge on any atom is 0.267 e. The molecule has 0 N–H and O–H groups in total. The molecule has 0 aliphatic carbocycles. The topological polar surface area (TPSA) is 47.4 Å². The van der Waals surface area contributed by atoms with Gasteiger partial charge < -0.3 is 9.64 Å². The highest BCUT2D eigenvalue weighted by molar-refractivity contribution is 5.69. The minimum atomic E-state index is -0.107. The van der Waals surface area contributed by atoms with Gasteiger partial charge in [0, 0.05) is 18.7 Å². The highest BCUT2D eigenvalue weighted by Crippen LogP contribution is 2.26. The van der Waals surface area contributed by atoms with Gasteiger partial charge in [0.15, 0.2) is 0 Å². The van der Waals surface area contributed by atoms with Crippen LogP contribution in [0.25, 0.3) is 23.2 Å². The van der Waals surface area contributed by atoms with Crippen LogP contribution in [0.4, 0.5) is 5.82 Å². The fraction of sp³-hybridized carbons (Fsp3) is 0.167. The number of hydrogen-bond acceptors (Lipinski definition) is 4. The number of ether oxygens (including phenoxy) is 1. The van der Waals surface area contributed by atoms with E-state index in [1.54, 1.807) is 22.8 Å². The zero-order chi connectivity index (χ0) is 20.1. The molecule has 0 unspecified atom stereocenters. The highest BCUT2D eigenvalue weighted by Gasteiger charge is 2.22. The average molecular weight is 385 g/mol. The summed E-state index contributed by atoms with van der Waals surface area (Å²) in [7, 11) is 0. The van der Waals surface area contributed by atoms with Gasteiger partial charge >= 0.3 is 0 Å². The SMILES string of the molecule is C=C/C=C/c1c(N2CCOCC2)nc(-c2ccccc2)n(-c2ccccc2)c1=O. The predicted molar refractivity (Wildman–Crippen MR) is 118 cm³/mol. The van der Waals surface area contributed by atoms with Gasteiger partial charge in [0.05, 0.1) is 24.5 Å². The molecule has 0 radical (unpaired) electrons. The molecule has 0 bridgehead atoms. The van der Waals surface area contributed by atoms with Crippen molar-refractivity contribution in [1.29, 1.82) is 0 Å². The van der Waals surface area contributed by atoms with Gasteiger partial charge in [-0.15, -0.1) is 0 Å². The predicted octanol–water partition coefficient (Wildman–Crippen LogP) is 3.94. The van der Waals surface area contributed by atoms with Crippen LogP contribution in [0, 0.1) is 0 Å². The van der Waals surface area contributed by atoms with E-state index in [2.05, 4.69) is 11.5 Å². The molecular formula is C24H23N3O2. The number of hydrogen-bond donors (Lipinski definition) is 0. The first-order valence-electron chi connectivity index (χ1n) is 9.69. The van der Waals surface area contributed by atoms with E-state index >= 15 is 0 Å². The first-order chi connectivity index (χ1) is 14.3. The van der Waals surface area contributed by atoms with Gasteiger partial charge in [-0.25, -0.2) is 4.98 Å². The lowest BCUT2D eigenvalue weighted by Gasteiger charge is -2.30. The standard InChI is InChI=1S/C24H23N3O2/c1-2-3-14-21-23(26-15-17-29-18-16-26)25-22(19-10-6-4-7-11-19)27(24(21)28)20-12-8-5-9-13-20/h2-14H,1,15-18H2/b14-3+. The van der Waals surface area contributed by atoms with Gasteiger partial charge in [-0.2, -0.15) is 0 Å². The summed E-state index contributed by atoms with van der Waals surface area (Å²) in [5.41, 5.74) is 2.12. The first-order valence-corrected chi connectivity index (χ1v) is 9.69. The number of nitrogens with zero attached hydrogens (tertiary/aromatic N) is 3. The summed E-state index contributed by atoms with van der Waals surface area (Å²) in [6.45, 7) is 6.38. The van der Waals surface area contributed by atoms with Crippen LogP contribution in [0.2, 0.25) is 0 Å². The summed E-state index contributed by atoms with van der Waals surface area (Å²) in [6, 6.07) is 19.4. The van der Waals surface area contributed by atoms with E-state index < -0.39 is 0 Å². The van der Waals surface area contributed by atoms with Crippen molar-refractivity contribution in [3.63, 3.8) is 0 Å². The Kier molecular flexibility index (Phi) is 5.68. The van der Waals surface area contributed by atoms with E-state index in [1.807, 2.05) is 60.7 Å². The van der Waals surface area contributed by atoms with Gasteiger partial charge in [-0.3, -0.25) is 9.36 Å². The molecule has 4 rings (SSSR count). The van der Waals surface area contributed by atoms with Crippen LogP contribution in [0.5, 0.6) is 0 Å². The highest BCUT2D eigenvalue weighted by atomic mass is 16.5. The van der Waals surface area contributed by atoms with Crippen molar-refractivity contribution >= 4 is 11.9 Å². The Bertz CT molecular complexity index is 1070. The lowest BCUT2D eigenvalue weighted by Crippen LogP contribution is -2.39. The van der Waals surface area contributed by atoms with Gasteiger partial charge in [-0.1, -0.05) is 67.3 Å². The van der Waals surface area contributed by atoms with Crippen molar-refractivity contribution in [2.24, 2.45) is 0 Å². The van der Waals surface area contributed by atoms with E-state index in [-0.39, 0.29) is 5.56 Å². The van der Waals surface area contributed by atoms with Crippen molar-refractivity contribution in [2.45, 2.75) is 0 Å². The molecule has 29 heavy (non-hydrogen) atoms. The molecule has 0 spiro atoms. The number of allylic oxidation sites excluding steroid dienone is 2. The second-order valence-corrected chi connectivity index (χ2v) is 6.71. The second-order valence-electron chi connectivity index (χ2n) is 6.71. The van der Waals surface area contributed by atoms with Crippen molar-refractivity contribution in [1.82, 2.24) is 9.55 Å². The van der Waals surface area contributed by atoms with E-state index in [0.717, 1.165) is 11.3 Å². The van der Waals surface area contributed by atoms with Crippen LogP contribution in [0.3, 0.4) is 0 Å². The Morgan fingerprint density at radius 2 is 1.62 bits per heavy atom. The van der Waals surface area contributed by atoms with Gasteiger partial charge in [0.1, 0.15) is 11.6 Å². The molecule has 1 aromatic heterocycles. The maximum absolute atomic E-state index is 13.7. The maximum atomic E-state index is 13.7. The first kappa shape index (κ1) is 18.9. The zero-order valence-electron chi connectivity index (χ0n) is 16.2. The Balaban J connectivity index is 2.02. The summed E-state index contributed by atoms with van der Waals surface area (Å²) in [4.78, 5) is 20.8. The number of anilines is 1. The summed E-state index contributed by atoms with van der Waals surface area (Å²) in [5.74, 6) is 1.31.